The summed E-state index contributed by atoms with van der Waals surface area (Å²) in [6, 6.07) is 17.3. The highest BCUT2D eigenvalue weighted by molar-refractivity contribution is 7.19. The van der Waals surface area contributed by atoms with Gasteiger partial charge in [-0.15, -0.1) is 0 Å². The fourth-order valence-corrected chi connectivity index (χ4v) is 3.91. The molecule has 0 radical (unpaired) electrons. The first kappa shape index (κ1) is 17.3. The second-order valence-corrected chi connectivity index (χ2v) is 7.08. The van der Waals surface area contributed by atoms with Gasteiger partial charge in [-0.3, -0.25) is 4.40 Å². The van der Waals surface area contributed by atoms with E-state index in [1.54, 1.807) is 0 Å². The molecular weight excluding hydrogens is 360 g/mol. The van der Waals surface area contributed by atoms with Crippen LogP contribution in [-0.2, 0) is 0 Å². The van der Waals surface area contributed by atoms with Crippen LogP contribution < -0.4 is 4.74 Å². The van der Waals surface area contributed by atoms with E-state index in [9.17, 15) is 9.90 Å². The Morgan fingerprint density at radius 3 is 2.52 bits per heavy atom. The zero-order chi connectivity index (χ0) is 18.8. The zero-order valence-corrected chi connectivity index (χ0v) is 15.6. The van der Waals surface area contributed by atoms with Crippen LogP contribution in [0.2, 0.25) is 0 Å². The molecule has 0 atom stereocenters. The van der Waals surface area contributed by atoms with Gasteiger partial charge in [-0.05, 0) is 30.7 Å². The van der Waals surface area contributed by atoms with Gasteiger partial charge in [0.25, 0.3) is 0 Å². The van der Waals surface area contributed by atoms with Gasteiger partial charge in [-0.2, -0.15) is 0 Å². The van der Waals surface area contributed by atoms with Crippen LogP contribution in [-0.4, -0.2) is 27.1 Å². The predicted octanol–water partition coefficient (Wildman–Crippen LogP) is 5.22. The Morgan fingerprint density at radius 1 is 1.11 bits per heavy atom. The number of carbonyl (C=O) groups is 1. The largest absolute Gasteiger partial charge is 0.494 e. The quantitative estimate of drug-likeness (QED) is 0.500. The number of hydrogen-bond acceptors (Lipinski definition) is 4. The fraction of sp³-hybridized carbons (Fsp3) is 0.143. The van der Waals surface area contributed by atoms with Gasteiger partial charge in [0.2, 0.25) is 0 Å². The summed E-state index contributed by atoms with van der Waals surface area (Å²) >= 11 is 1.18. The molecule has 2 heterocycles. The summed E-state index contributed by atoms with van der Waals surface area (Å²) in [6.07, 6.45) is 2.86. The monoisotopic (exact) mass is 378 g/mol. The van der Waals surface area contributed by atoms with Gasteiger partial charge in [0, 0.05) is 17.3 Å². The van der Waals surface area contributed by atoms with Crippen molar-refractivity contribution < 1.29 is 14.6 Å². The number of hydrogen-bond donors (Lipinski definition) is 1. The SMILES string of the molecule is CCCOc1ccc(-c2cn3c(-c4ccccc4)c(C(=O)O)sc3n2)cc1. The molecule has 4 aromatic rings. The predicted molar refractivity (Wildman–Crippen MR) is 107 cm³/mol. The van der Waals surface area contributed by atoms with E-state index in [0.717, 1.165) is 29.0 Å². The molecule has 0 aliphatic rings. The number of aromatic nitrogens is 2. The lowest BCUT2D eigenvalue weighted by Gasteiger charge is -2.05. The van der Waals surface area contributed by atoms with Crippen molar-refractivity contribution in [1.29, 1.82) is 0 Å². The lowest BCUT2D eigenvalue weighted by atomic mass is 10.1. The summed E-state index contributed by atoms with van der Waals surface area (Å²) in [5, 5.41) is 9.59. The minimum Gasteiger partial charge on any atom is -0.494 e. The maximum absolute atomic E-state index is 11.7. The van der Waals surface area contributed by atoms with Gasteiger partial charge < -0.3 is 9.84 Å². The third-order valence-corrected chi connectivity index (χ3v) is 5.23. The van der Waals surface area contributed by atoms with Crippen molar-refractivity contribution in [3.05, 3.63) is 65.7 Å². The van der Waals surface area contributed by atoms with Gasteiger partial charge in [-0.25, -0.2) is 9.78 Å². The van der Waals surface area contributed by atoms with Crippen molar-refractivity contribution in [3.63, 3.8) is 0 Å². The summed E-state index contributed by atoms with van der Waals surface area (Å²) < 4.78 is 7.48. The molecule has 0 saturated heterocycles. The van der Waals surface area contributed by atoms with Crippen LogP contribution in [0.25, 0.3) is 27.5 Å². The molecule has 0 unspecified atom stereocenters. The topological polar surface area (TPSA) is 63.8 Å². The molecule has 136 valence electrons. The highest BCUT2D eigenvalue weighted by Gasteiger charge is 2.21. The summed E-state index contributed by atoms with van der Waals surface area (Å²) in [5.74, 6) is -0.108. The molecule has 0 aliphatic carbocycles. The molecule has 4 rings (SSSR count). The number of benzene rings is 2. The minimum absolute atomic E-state index is 0.290. The number of nitrogens with zero attached hydrogens (tertiary/aromatic N) is 2. The number of ether oxygens (including phenoxy) is 1. The van der Waals surface area contributed by atoms with Gasteiger partial charge in [0.1, 0.15) is 10.6 Å². The van der Waals surface area contributed by atoms with E-state index >= 15 is 0 Å². The van der Waals surface area contributed by atoms with Crippen LogP contribution in [0.15, 0.2) is 60.8 Å². The van der Waals surface area contributed by atoms with Gasteiger partial charge in [0.05, 0.1) is 18.0 Å². The molecule has 6 heteroatoms. The summed E-state index contributed by atoms with van der Waals surface area (Å²) in [4.78, 5) is 17.3. The second-order valence-electron chi connectivity index (χ2n) is 6.10. The van der Waals surface area contributed by atoms with E-state index in [2.05, 4.69) is 11.9 Å². The first-order chi connectivity index (χ1) is 13.2. The Bertz CT molecular complexity index is 1080. The van der Waals surface area contributed by atoms with Crippen LogP contribution in [0.5, 0.6) is 5.75 Å². The highest BCUT2D eigenvalue weighted by Crippen LogP contribution is 2.34. The Labute approximate surface area is 160 Å². The molecule has 5 nitrogen and oxygen atoms in total. The number of rotatable bonds is 6. The van der Waals surface area contributed by atoms with Crippen LogP contribution in [0.4, 0.5) is 0 Å². The molecule has 0 amide bonds. The smallest absolute Gasteiger partial charge is 0.348 e. The summed E-state index contributed by atoms with van der Waals surface area (Å²) in [7, 11) is 0. The zero-order valence-electron chi connectivity index (χ0n) is 14.8. The maximum Gasteiger partial charge on any atom is 0.348 e. The Morgan fingerprint density at radius 2 is 1.85 bits per heavy atom. The van der Waals surface area contributed by atoms with Crippen molar-refractivity contribution in [2.75, 3.05) is 6.61 Å². The van der Waals surface area contributed by atoms with Crippen molar-refractivity contribution >= 4 is 22.3 Å². The van der Waals surface area contributed by atoms with Crippen LogP contribution >= 0.6 is 11.3 Å². The van der Waals surface area contributed by atoms with E-state index in [0.29, 0.717) is 22.1 Å². The summed E-state index contributed by atoms with van der Waals surface area (Å²) in [6.45, 7) is 2.76. The molecule has 0 bridgehead atoms. The van der Waals surface area contributed by atoms with Crippen molar-refractivity contribution in [2.45, 2.75) is 13.3 Å². The van der Waals surface area contributed by atoms with Gasteiger partial charge in [0.15, 0.2) is 4.96 Å². The standard InChI is InChI=1S/C21H18N2O3S/c1-2-12-26-16-10-8-14(9-11-16)17-13-23-18(15-6-4-3-5-7-15)19(20(24)25)27-21(23)22-17/h3-11,13H,2,12H2,1H3,(H,24,25). The van der Waals surface area contributed by atoms with Crippen molar-refractivity contribution in [1.82, 2.24) is 9.38 Å². The van der Waals surface area contributed by atoms with Crippen LogP contribution in [0.3, 0.4) is 0 Å². The Balaban J connectivity index is 1.77. The van der Waals surface area contributed by atoms with E-state index < -0.39 is 5.97 Å². The fourth-order valence-electron chi connectivity index (χ4n) is 2.94. The van der Waals surface area contributed by atoms with Crippen molar-refractivity contribution in [3.8, 4) is 28.3 Å². The molecule has 2 aromatic heterocycles. The number of thiazole rings is 1. The van der Waals surface area contributed by atoms with Crippen LogP contribution in [0, 0.1) is 0 Å². The summed E-state index contributed by atoms with van der Waals surface area (Å²) in [5.41, 5.74) is 3.28. The molecular formula is C21H18N2O3S. The minimum atomic E-state index is -0.941. The molecule has 2 aromatic carbocycles. The van der Waals surface area contributed by atoms with E-state index in [1.165, 1.54) is 11.3 Å². The first-order valence-corrected chi connectivity index (χ1v) is 9.53. The number of imidazole rings is 1. The Kier molecular flexibility index (Phi) is 4.64. The second kappa shape index (κ2) is 7.25. The average molecular weight is 378 g/mol. The van der Waals surface area contributed by atoms with Crippen LogP contribution in [0.1, 0.15) is 23.0 Å². The molecule has 0 saturated carbocycles. The third-order valence-electron chi connectivity index (χ3n) is 4.19. The van der Waals surface area contributed by atoms with E-state index in [-0.39, 0.29) is 0 Å². The van der Waals surface area contributed by atoms with E-state index in [4.69, 9.17) is 4.74 Å². The normalized spacial score (nSPS) is 11.0. The number of carboxylic acids is 1. The number of fused-ring (bicyclic) bond motifs is 1. The number of aromatic carboxylic acids is 1. The molecule has 1 N–H and O–H groups in total. The van der Waals surface area contributed by atoms with E-state index in [1.807, 2.05) is 65.2 Å². The lowest BCUT2D eigenvalue weighted by molar-refractivity contribution is 0.0702. The first-order valence-electron chi connectivity index (χ1n) is 8.71. The molecule has 27 heavy (non-hydrogen) atoms. The number of carboxylic acid groups (broad SMARTS) is 1. The Hall–Kier alpha value is -3.12. The molecule has 0 fully saturated rings. The highest BCUT2D eigenvalue weighted by atomic mass is 32.1. The third kappa shape index (κ3) is 3.31. The van der Waals surface area contributed by atoms with Gasteiger partial charge in [-0.1, -0.05) is 48.6 Å². The molecule has 0 aliphatic heterocycles. The average Bonchev–Trinajstić information content (AvgIpc) is 3.25. The molecule has 0 spiro atoms. The van der Waals surface area contributed by atoms with Gasteiger partial charge >= 0.3 is 5.97 Å². The van der Waals surface area contributed by atoms with Crippen molar-refractivity contribution in [2.24, 2.45) is 0 Å². The lowest BCUT2D eigenvalue weighted by Crippen LogP contribution is -1.97. The maximum atomic E-state index is 11.7.